The highest BCUT2D eigenvalue weighted by molar-refractivity contribution is 7.15. The maximum absolute atomic E-state index is 10.7. The summed E-state index contributed by atoms with van der Waals surface area (Å²) in [5.74, 6) is 0.00426. The summed E-state index contributed by atoms with van der Waals surface area (Å²) in [6, 6.07) is 1.87. The molecule has 0 saturated heterocycles. The minimum Gasteiger partial charge on any atom is -0.367 e. The van der Waals surface area contributed by atoms with Gasteiger partial charge in [0.15, 0.2) is 0 Å². The maximum atomic E-state index is 10.7. The summed E-state index contributed by atoms with van der Waals surface area (Å²) in [5, 5.41) is 2.47. The molecule has 1 aromatic rings. The van der Waals surface area contributed by atoms with Crippen molar-refractivity contribution in [1.82, 2.24) is 10.1 Å². The lowest BCUT2D eigenvalue weighted by molar-refractivity contribution is -0.118. The summed E-state index contributed by atoms with van der Waals surface area (Å²) in [4.78, 5) is 13.6. The number of aromatic nitrogens is 1. The molecule has 1 rings (SSSR count). The third-order valence-corrected chi connectivity index (χ3v) is 1.51. The number of carbonyl (C=O) groups is 1. The fourth-order valence-electron chi connectivity index (χ4n) is 0.705. The normalized spacial score (nSPS) is 9.30. The van der Waals surface area contributed by atoms with Crippen molar-refractivity contribution in [1.29, 1.82) is 0 Å². The van der Waals surface area contributed by atoms with E-state index < -0.39 is 0 Å². The SMILES string of the molecule is O=C(Cc1cc[nH]c1)NP. The first-order chi connectivity index (χ1) is 4.83. The smallest absolute Gasteiger partial charge is 0.227 e. The first kappa shape index (κ1) is 7.29. The predicted molar refractivity (Wildman–Crippen MR) is 42.3 cm³/mol. The molecule has 0 bridgehead atoms. The average Bonchev–Trinajstić information content (AvgIpc) is 2.40. The molecule has 0 aliphatic heterocycles. The second-order valence-corrected chi connectivity index (χ2v) is 2.25. The Labute approximate surface area is 61.5 Å². The molecule has 0 aliphatic carbocycles. The fraction of sp³-hybridized carbons (Fsp3) is 0.167. The fourth-order valence-corrected chi connectivity index (χ4v) is 0.807. The van der Waals surface area contributed by atoms with E-state index in [-0.39, 0.29) is 5.91 Å². The van der Waals surface area contributed by atoms with Crippen molar-refractivity contribution in [2.45, 2.75) is 6.42 Å². The van der Waals surface area contributed by atoms with Gasteiger partial charge in [-0.3, -0.25) is 4.79 Å². The third-order valence-electron chi connectivity index (χ3n) is 1.19. The molecule has 54 valence electrons. The topological polar surface area (TPSA) is 44.9 Å². The molecule has 0 radical (unpaired) electrons. The number of nitrogens with one attached hydrogen (secondary N) is 2. The predicted octanol–water partition coefficient (Wildman–Crippen LogP) is 0.463. The van der Waals surface area contributed by atoms with Gasteiger partial charge < -0.3 is 10.1 Å². The minimum atomic E-state index is 0.00426. The van der Waals surface area contributed by atoms with Crippen molar-refractivity contribution in [2.75, 3.05) is 0 Å². The van der Waals surface area contributed by atoms with Crippen molar-refractivity contribution in [3.05, 3.63) is 24.0 Å². The van der Waals surface area contributed by atoms with E-state index in [0.29, 0.717) is 6.42 Å². The van der Waals surface area contributed by atoms with E-state index in [0.717, 1.165) is 5.56 Å². The van der Waals surface area contributed by atoms with Crippen molar-refractivity contribution < 1.29 is 4.79 Å². The molecular formula is C6H9N2OP. The molecule has 2 N–H and O–H groups in total. The molecule has 1 heterocycles. The van der Waals surface area contributed by atoms with E-state index in [1.807, 2.05) is 6.07 Å². The van der Waals surface area contributed by atoms with Crippen LogP contribution >= 0.6 is 9.39 Å². The quantitative estimate of drug-likeness (QED) is 0.600. The molecule has 10 heavy (non-hydrogen) atoms. The van der Waals surface area contributed by atoms with E-state index in [9.17, 15) is 4.79 Å². The van der Waals surface area contributed by atoms with Gasteiger partial charge >= 0.3 is 0 Å². The molecule has 1 unspecified atom stereocenters. The highest BCUT2D eigenvalue weighted by Crippen LogP contribution is 1.97. The average molecular weight is 156 g/mol. The molecular weight excluding hydrogens is 147 g/mol. The Balaban J connectivity index is 2.48. The summed E-state index contributed by atoms with van der Waals surface area (Å²) in [7, 11) is 2.17. The van der Waals surface area contributed by atoms with E-state index >= 15 is 0 Å². The van der Waals surface area contributed by atoms with Crippen LogP contribution < -0.4 is 5.09 Å². The number of hydrogen-bond acceptors (Lipinski definition) is 1. The highest BCUT2D eigenvalue weighted by atomic mass is 31.0. The lowest BCUT2D eigenvalue weighted by atomic mass is 10.2. The van der Waals surface area contributed by atoms with E-state index in [2.05, 4.69) is 19.5 Å². The third kappa shape index (κ3) is 1.85. The number of aromatic amines is 1. The van der Waals surface area contributed by atoms with Crippen molar-refractivity contribution >= 4 is 15.3 Å². The summed E-state index contributed by atoms with van der Waals surface area (Å²) in [6.07, 6.45) is 4.04. The molecule has 1 atom stereocenters. The van der Waals surface area contributed by atoms with Crippen molar-refractivity contribution in [3.63, 3.8) is 0 Å². The Morgan fingerprint density at radius 1 is 1.80 bits per heavy atom. The highest BCUT2D eigenvalue weighted by Gasteiger charge is 1.98. The second kappa shape index (κ2) is 3.37. The first-order valence-electron chi connectivity index (χ1n) is 2.94. The summed E-state index contributed by atoms with van der Waals surface area (Å²) in [6.45, 7) is 0. The van der Waals surface area contributed by atoms with Gasteiger partial charge in [-0.2, -0.15) is 0 Å². The van der Waals surface area contributed by atoms with Crippen LogP contribution in [0.4, 0.5) is 0 Å². The molecule has 0 saturated carbocycles. The van der Waals surface area contributed by atoms with Crippen molar-refractivity contribution in [3.8, 4) is 0 Å². The van der Waals surface area contributed by atoms with E-state index in [1.165, 1.54) is 0 Å². The van der Waals surface area contributed by atoms with Crippen molar-refractivity contribution in [2.24, 2.45) is 0 Å². The molecule has 0 aliphatic rings. The van der Waals surface area contributed by atoms with E-state index in [4.69, 9.17) is 0 Å². The van der Waals surface area contributed by atoms with Crippen LogP contribution in [-0.2, 0) is 11.2 Å². The molecule has 4 heteroatoms. The lowest BCUT2D eigenvalue weighted by Gasteiger charge is -1.93. The minimum absolute atomic E-state index is 0.00426. The van der Waals surface area contributed by atoms with E-state index in [1.54, 1.807) is 12.4 Å². The van der Waals surface area contributed by atoms with Crippen LogP contribution in [0, 0.1) is 0 Å². The van der Waals surface area contributed by atoms with Gasteiger partial charge in [0.1, 0.15) is 0 Å². The zero-order chi connectivity index (χ0) is 7.40. The zero-order valence-corrected chi connectivity index (χ0v) is 6.58. The van der Waals surface area contributed by atoms with Gasteiger partial charge in [0.2, 0.25) is 5.91 Å². The zero-order valence-electron chi connectivity index (χ0n) is 5.42. The molecule has 0 aromatic carbocycles. The molecule has 0 spiro atoms. The number of H-pyrrole nitrogens is 1. The molecule has 3 nitrogen and oxygen atoms in total. The van der Waals surface area contributed by atoms with Gasteiger partial charge in [-0.15, -0.1) is 0 Å². The van der Waals surface area contributed by atoms with Gasteiger partial charge in [-0.1, -0.05) is 0 Å². The Bertz CT molecular complexity index is 208. The Morgan fingerprint density at radius 2 is 2.60 bits per heavy atom. The van der Waals surface area contributed by atoms with Crippen LogP contribution in [0.1, 0.15) is 5.56 Å². The van der Waals surface area contributed by atoms with Crippen LogP contribution in [0.5, 0.6) is 0 Å². The number of hydrogen-bond donors (Lipinski definition) is 2. The van der Waals surface area contributed by atoms with Gasteiger partial charge in [0.25, 0.3) is 0 Å². The molecule has 1 amide bonds. The van der Waals surface area contributed by atoms with Crippen LogP contribution in [0.2, 0.25) is 0 Å². The van der Waals surface area contributed by atoms with Gasteiger partial charge in [0, 0.05) is 12.4 Å². The first-order valence-corrected chi connectivity index (χ1v) is 3.52. The monoisotopic (exact) mass is 156 g/mol. The standard InChI is InChI=1S/C6H9N2OP/c9-6(8-10)3-5-1-2-7-4-5/h1-2,4,7H,3,10H2,(H,8,9). The second-order valence-electron chi connectivity index (χ2n) is 1.96. The van der Waals surface area contributed by atoms with Crippen LogP contribution in [-0.4, -0.2) is 10.9 Å². The number of amides is 1. The summed E-state index contributed by atoms with van der Waals surface area (Å²) in [5.41, 5.74) is 1.000. The molecule has 0 fully saturated rings. The van der Waals surface area contributed by atoms with Crippen LogP contribution in [0.3, 0.4) is 0 Å². The lowest BCUT2D eigenvalue weighted by Crippen LogP contribution is -2.13. The van der Waals surface area contributed by atoms with Gasteiger partial charge in [0.05, 0.1) is 6.42 Å². The Morgan fingerprint density at radius 3 is 3.10 bits per heavy atom. The van der Waals surface area contributed by atoms with Crippen LogP contribution in [0.25, 0.3) is 0 Å². The largest absolute Gasteiger partial charge is 0.367 e. The maximum Gasteiger partial charge on any atom is 0.227 e. The summed E-state index contributed by atoms with van der Waals surface area (Å²) < 4.78 is 0. The number of rotatable bonds is 2. The Hall–Kier alpha value is -0.820. The number of carbonyl (C=O) groups excluding carboxylic acids is 1. The van der Waals surface area contributed by atoms with Gasteiger partial charge in [-0.05, 0) is 21.0 Å². The Kier molecular flexibility index (Phi) is 2.46. The van der Waals surface area contributed by atoms with Crippen LogP contribution in [0.15, 0.2) is 18.5 Å². The molecule has 1 aromatic heterocycles. The summed E-state index contributed by atoms with van der Waals surface area (Å²) >= 11 is 0. The van der Waals surface area contributed by atoms with Gasteiger partial charge in [-0.25, -0.2) is 0 Å².